The Hall–Kier alpha value is -2.86. The number of furan rings is 1. The highest BCUT2D eigenvalue weighted by molar-refractivity contribution is 6.02. The normalized spacial score (nSPS) is 16.3. The van der Waals surface area contributed by atoms with E-state index in [-0.39, 0.29) is 23.6 Å². The zero-order valence-corrected chi connectivity index (χ0v) is 12.6. The summed E-state index contributed by atoms with van der Waals surface area (Å²) in [6, 6.07) is 9.98. The highest BCUT2D eigenvalue weighted by atomic mass is 16.3. The number of hydrogen-bond acceptors (Lipinski definition) is 4. The third kappa shape index (κ3) is 3.67. The van der Waals surface area contributed by atoms with Crippen LogP contribution in [0.3, 0.4) is 0 Å². The lowest BCUT2D eigenvalue weighted by Gasteiger charge is -2.11. The van der Waals surface area contributed by atoms with Gasteiger partial charge in [-0.2, -0.15) is 0 Å². The highest BCUT2D eigenvalue weighted by Crippen LogP contribution is 2.16. The van der Waals surface area contributed by atoms with Gasteiger partial charge in [-0.3, -0.25) is 14.9 Å². The van der Waals surface area contributed by atoms with Crippen LogP contribution in [0.15, 0.2) is 53.0 Å². The van der Waals surface area contributed by atoms with Crippen molar-refractivity contribution in [1.82, 2.24) is 5.32 Å². The summed E-state index contributed by atoms with van der Waals surface area (Å²) in [6.45, 7) is 2.48. The Morgan fingerprint density at radius 3 is 2.35 bits per heavy atom. The molecule has 0 saturated heterocycles. The van der Waals surface area contributed by atoms with Gasteiger partial charge in [0.1, 0.15) is 11.8 Å². The third-order valence-electron chi connectivity index (χ3n) is 3.44. The van der Waals surface area contributed by atoms with Gasteiger partial charge < -0.3 is 15.1 Å². The van der Waals surface area contributed by atoms with Crippen LogP contribution in [-0.2, 0) is 4.79 Å². The highest BCUT2D eigenvalue weighted by Gasteiger charge is 2.17. The average molecular weight is 311 g/mol. The van der Waals surface area contributed by atoms with E-state index in [2.05, 4.69) is 16.0 Å². The van der Waals surface area contributed by atoms with Crippen molar-refractivity contribution in [2.24, 2.45) is 0 Å². The Balaban J connectivity index is 1.59. The molecule has 118 valence electrons. The Kier molecular flexibility index (Phi) is 4.25. The first kappa shape index (κ1) is 15.1. The maximum Gasteiger partial charge on any atom is 0.291 e. The molecule has 0 bridgehead atoms. The molecule has 2 heterocycles. The van der Waals surface area contributed by atoms with Gasteiger partial charge in [0, 0.05) is 17.9 Å². The molecule has 3 rings (SSSR count). The predicted octanol–water partition coefficient (Wildman–Crippen LogP) is 2.31. The van der Waals surface area contributed by atoms with Crippen LogP contribution in [0.5, 0.6) is 0 Å². The van der Waals surface area contributed by atoms with Crippen molar-refractivity contribution in [2.45, 2.75) is 13.0 Å². The number of nitrogens with one attached hydrogen (secondary N) is 3. The van der Waals surface area contributed by atoms with Crippen LogP contribution in [0.2, 0.25) is 0 Å². The lowest BCUT2D eigenvalue weighted by Crippen LogP contribution is -2.35. The molecular formula is C17H17N3O3. The molecule has 1 aliphatic rings. The van der Waals surface area contributed by atoms with Crippen molar-refractivity contribution in [2.75, 3.05) is 17.2 Å². The summed E-state index contributed by atoms with van der Waals surface area (Å²) < 4.78 is 5.27. The molecule has 23 heavy (non-hydrogen) atoms. The number of carbonyl (C=O) groups excluding carboxylic acids is 2. The van der Waals surface area contributed by atoms with Crippen molar-refractivity contribution < 1.29 is 14.0 Å². The van der Waals surface area contributed by atoms with Crippen molar-refractivity contribution in [3.8, 4) is 0 Å². The molecule has 2 amide bonds. The summed E-state index contributed by atoms with van der Waals surface area (Å²) in [7, 11) is 0. The van der Waals surface area contributed by atoms with Gasteiger partial charge in [0.05, 0.1) is 0 Å². The molecule has 0 fully saturated rings. The molecular weight excluding hydrogens is 294 g/mol. The second kappa shape index (κ2) is 6.50. The number of carbonyl (C=O) groups is 2. The van der Waals surface area contributed by atoms with Crippen LogP contribution in [0, 0.1) is 6.92 Å². The van der Waals surface area contributed by atoms with Gasteiger partial charge in [0.25, 0.3) is 5.91 Å². The molecule has 0 unspecified atom stereocenters. The van der Waals surface area contributed by atoms with Gasteiger partial charge in [-0.1, -0.05) is 12.2 Å². The van der Waals surface area contributed by atoms with E-state index in [0.717, 1.165) is 0 Å². The molecule has 1 atom stereocenters. The summed E-state index contributed by atoms with van der Waals surface area (Å²) in [5.41, 5.74) is 1.30. The summed E-state index contributed by atoms with van der Waals surface area (Å²) >= 11 is 0. The second-order valence-corrected chi connectivity index (χ2v) is 5.25. The fourth-order valence-corrected chi connectivity index (χ4v) is 2.25. The summed E-state index contributed by atoms with van der Waals surface area (Å²) in [6.07, 6.45) is 3.74. The SMILES string of the molecule is Cc1ccc(C(=O)Nc2ccc(NC(=O)[C@H]3C=CCN3)cc2)o1. The van der Waals surface area contributed by atoms with Crippen molar-refractivity contribution >= 4 is 23.2 Å². The number of benzene rings is 1. The number of hydrogen-bond donors (Lipinski definition) is 3. The molecule has 6 nitrogen and oxygen atoms in total. The number of aryl methyl sites for hydroxylation is 1. The molecule has 3 N–H and O–H groups in total. The summed E-state index contributed by atoms with van der Waals surface area (Å²) in [4.78, 5) is 23.9. The lowest BCUT2D eigenvalue weighted by atomic mass is 10.2. The minimum atomic E-state index is -0.310. The van der Waals surface area contributed by atoms with Crippen LogP contribution in [0.4, 0.5) is 11.4 Å². The Labute approximate surface area is 133 Å². The van der Waals surface area contributed by atoms with E-state index in [9.17, 15) is 9.59 Å². The standard InChI is InChI=1S/C17H17N3O3/c1-11-4-9-15(23-11)17(22)20-13-7-5-12(6-8-13)19-16(21)14-3-2-10-18-14/h2-9,14,18H,10H2,1H3,(H,19,21)(H,20,22)/t14-/m1/s1. The van der Waals surface area contributed by atoms with Crippen LogP contribution >= 0.6 is 0 Å². The van der Waals surface area contributed by atoms with Crippen LogP contribution in [0.25, 0.3) is 0 Å². The zero-order chi connectivity index (χ0) is 16.2. The topological polar surface area (TPSA) is 83.4 Å². The Morgan fingerprint density at radius 1 is 1.09 bits per heavy atom. The lowest BCUT2D eigenvalue weighted by molar-refractivity contribution is -0.116. The van der Waals surface area contributed by atoms with E-state index in [0.29, 0.717) is 23.7 Å². The monoisotopic (exact) mass is 311 g/mol. The van der Waals surface area contributed by atoms with E-state index in [1.165, 1.54) is 0 Å². The number of amides is 2. The zero-order valence-electron chi connectivity index (χ0n) is 12.6. The molecule has 0 saturated carbocycles. The largest absolute Gasteiger partial charge is 0.456 e. The van der Waals surface area contributed by atoms with Crippen molar-refractivity contribution in [3.63, 3.8) is 0 Å². The first-order valence-corrected chi connectivity index (χ1v) is 7.30. The molecule has 0 spiro atoms. The number of anilines is 2. The van der Waals surface area contributed by atoms with Crippen molar-refractivity contribution in [3.05, 3.63) is 60.1 Å². The average Bonchev–Trinajstić information content (AvgIpc) is 3.20. The second-order valence-electron chi connectivity index (χ2n) is 5.25. The molecule has 2 aromatic rings. The smallest absolute Gasteiger partial charge is 0.291 e. The van der Waals surface area contributed by atoms with E-state index < -0.39 is 0 Å². The van der Waals surface area contributed by atoms with Gasteiger partial charge >= 0.3 is 0 Å². The summed E-state index contributed by atoms with van der Waals surface area (Å²) in [5.74, 6) is 0.526. The molecule has 6 heteroatoms. The first-order chi connectivity index (χ1) is 11.1. The maximum absolute atomic E-state index is 12.0. The van der Waals surface area contributed by atoms with Gasteiger partial charge in [-0.05, 0) is 43.3 Å². The van der Waals surface area contributed by atoms with Crippen LogP contribution in [0.1, 0.15) is 16.3 Å². The summed E-state index contributed by atoms with van der Waals surface area (Å²) in [5, 5.41) is 8.60. The number of rotatable bonds is 4. The third-order valence-corrected chi connectivity index (χ3v) is 3.44. The molecule has 1 aromatic carbocycles. The Bertz CT molecular complexity index is 747. The van der Waals surface area contributed by atoms with Crippen molar-refractivity contribution in [1.29, 1.82) is 0 Å². The predicted molar refractivity (Wildman–Crippen MR) is 87.4 cm³/mol. The van der Waals surface area contributed by atoms with E-state index >= 15 is 0 Å². The van der Waals surface area contributed by atoms with Gasteiger partial charge in [-0.25, -0.2) is 0 Å². The molecule has 1 aliphatic heterocycles. The van der Waals surface area contributed by atoms with E-state index in [4.69, 9.17) is 4.42 Å². The first-order valence-electron chi connectivity index (χ1n) is 7.30. The van der Waals surface area contributed by atoms with E-state index in [1.54, 1.807) is 43.3 Å². The maximum atomic E-state index is 12.0. The fourth-order valence-electron chi connectivity index (χ4n) is 2.25. The van der Waals surface area contributed by atoms with Crippen LogP contribution in [-0.4, -0.2) is 24.4 Å². The molecule has 0 aliphatic carbocycles. The Morgan fingerprint density at radius 2 is 1.78 bits per heavy atom. The van der Waals surface area contributed by atoms with E-state index in [1.807, 2.05) is 12.2 Å². The minimum Gasteiger partial charge on any atom is -0.456 e. The van der Waals surface area contributed by atoms with Gasteiger partial charge in [0.2, 0.25) is 5.91 Å². The molecule has 0 radical (unpaired) electrons. The van der Waals surface area contributed by atoms with Gasteiger partial charge in [-0.15, -0.1) is 0 Å². The molecule has 1 aromatic heterocycles. The van der Waals surface area contributed by atoms with Crippen LogP contribution < -0.4 is 16.0 Å². The van der Waals surface area contributed by atoms with Gasteiger partial charge in [0.15, 0.2) is 5.76 Å². The minimum absolute atomic E-state index is 0.110. The quantitative estimate of drug-likeness (QED) is 0.757. The fraction of sp³-hybridized carbons (Fsp3) is 0.176.